The van der Waals surface area contributed by atoms with Gasteiger partial charge in [-0.25, -0.2) is 9.18 Å². The molecule has 0 bridgehead atoms. The number of alkyl halides is 3. The van der Waals surface area contributed by atoms with E-state index in [1.807, 2.05) is 0 Å². The summed E-state index contributed by atoms with van der Waals surface area (Å²) in [6.07, 6.45) is -6.90. The van der Waals surface area contributed by atoms with Crippen LogP contribution in [-0.4, -0.2) is 39.9 Å². The van der Waals surface area contributed by atoms with E-state index < -0.39 is 30.7 Å². The van der Waals surface area contributed by atoms with Crippen molar-refractivity contribution in [2.75, 3.05) is 13.1 Å². The maximum Gasteiger partial charge on any atom is 0.389 e. The summed E-state index contributed by atoms with van der Waals surface area (Å²) in [7, 11) is 0. The third-order valence-corrected chi connectivity index (χ3v) is 5.29. The van der Waals surface area contributed by atoms with E-state index in [0.29, 0.717) is 23.4 Å². The Morgan fingerprint density at radius 1 is 1.33 bits per heavy atom. The van der Waals surface area contributed by atoms with Crippen molar-refractivity contribution in [3.63, 3.8) is 0 Å². The number of carbonyl (C=O) groups excluding carboxylic acids is 1. The van der Waals surface area contributed by atoms with Crippen molar-refractivity contribution in [3.05, 3.63) is 46.5 Å². The topological polar surface area (TPSA) is 83.5 Å². The molecule has 1 aliphatic rings. The van der Waals surface area contributed by atoms with Gasteiger partial charge in [-0.3, -0.25) is 0 Å². The number of fused-ring (bicyclic) bond motifs is 1. The fourth-order valence-electron chi connectivity index (χ4n) is 3.54. The number of halogens is 5. The highest BCUT2D eigenvalue weighted by atomic mass is 35.5. The van der Waals surface area contributed by atoms with Crippen LogP contribution >= 0.6 is 11.6 Å². The summed E-state index contributed by atoms with van der Waals surface area (Å²) < 4.78 is 52.1. The van der Waals surface area contributed by atoms with Crippen molar-refractivity contribution in [1.29, 1.82) is 0 Å². The first kappa shape index (κ1) is 22.4. The molecule has 2 aromatic rings. The molecule has 0 spiro atoms. The second-order valence-corrected chi connectivity index (χ2v) is 7.36. The minimum atomic E-state index is -4.27. The molecule has 6 nitrogen and oxygen atoms in total. The molecule has 0 saturated carbocycles. The van der Waals surface area contributed by atoms with E-state index in [4.69, 9.17) is 17.3 Å². The number of aliphatic hydroxyl groups excluding tert-OH is 1. The first-order chi connectivity index (χ1) is 14.1. The van der Waals surface area contributed by atoms with Gasteiger partial charge in [-0.2, -0.15) is 13.2 Å². The van der Waals surface area contributed by atoms with Crippen LogP contribution in [0.25, 0.3) is 11.1 Å². The molecular weight excluding hydrogens is 428 g/mol. The monoisotopic (exact) mass is 448 g/mol. The van der Waals surface area contributed by atoms with Crippen LogP contribution < -0.4 is 11.1 Å². The molecule has 1 aromatic carbocycles. The molecule has 3 rings (SSSR count). The summed E-state index contributed by atoms with van der Waals surface area (Å²) in [5.41, 5.74) is 7.34. The Hall–Kier alpha value is -2.30. The Morgan fingerprint density at radius 2 is 2.07 bits per heavy atom. The minimum absolute atomic E-state index is 0.0454. The lowest BCUT2D eigenvalue weighted by molar-refractivity contribution is -0.135. The third kappa shape index (κ3) is 4.88. The second-order valence-electron chi connectivity index (χ2n) is 7.01. The molecule has 4 N–H and O–H groups in total. The van der Waals surface area contributed by atoms with Crippen LogP contribution in [-0.2, 0) is 13.1 Å². The molecule has 1 unspecified atom stereocenters. The lowest BCUT2D eigenvalue weighted by atomic mass is 10.0. The SMILES string of the molecule is NC(O)c1c(-c2cccc(F)c2)c(Cl)n2c1CN(C(=O)NCCCC(F)(F)F)CC2. The normalized spacial score (nSPS) is 15.1. The Labute approximate surface area is 175 Å². The lowest BCUT2D eigenvalue weighted by Crippen LogP contribution is -2.44. The van der Waals surface area contributed by atoms with Gasteiger partial charge >= 0.3 is 12.2 Å². The van der Waals surface area contributed by atoms with Gasteiger partial charge in [0.25, 0.3) is 0 Å². The number of nitrogens with one attached hydrogen (secondary N) is 1. The molecule has 2 heterocycles. The van der Waals surface area contributed by atoms with Gasteiger partial charge in [-0.1, -0.05) is 23.7 Å². The van der Waals surface area contributed by atoms with E-state index in [-0.39, 0.29) is 36.8 Å². The number of aromatic nitrogens is 1. The average Bonchev–Trinajstić information content (AvgIpc) is 2.96. The molecule has 0 radical (unpaired) electrons. The predicted octanol–water partition coefficient (Wildman–Crippen LogP) is 3.76. The van der Waals surface area contributed by atoms with Gasteiger partial charge in [0.05, 0.1) is 6.54 Å². The quantitative estimate of drug-likeness (QED) is 0.370. The number of benzene rings is 1. The molecule has 30 heavy (non-hydrogen) atoms. The Bertz CT molecular complexity index is 930. The Morgan fingerprint density at radius 3 is 2.70 bits per heavy atom. The number of nitrogens with two attached hydrogens (primary N) is 1. The molecule has 1 aromatic heterocycles. The van der Waals surface area contributed by atoms with Crippen molar-refractivity contribution in [1.82, 2.24) is 14.8 Å². The van der Waals surface area contributed by atoms with Crippen molar-refractivity contribution in [2.45, 2.75) is 38.3 Å². The zero-order chi connectivity index (χ0) is 22.1. The van der Waals surface area contributed by atoms with Crippen molar-refractivity contribution >= 4 is 17.6 Å². The standard InChI is InChI=1S/C19H21ClF4N4O2/c20-16-14(11-3-1-4-12(21)9-11)15(17(25)29)13-10-27(7-8-28(13)16)18(30)26-6-2-5-19(22,23)24/h1,3-4,9,17,29H,2,5-8,10,25H2,(H,26,30). The van der Waals surface area contributed by atoms with Gasteiger partial charge in [0.15, 0.2) is 0 Å². The van der Waals surface area contributed by atoms with E-state index >= 15 is 0 Å². The number of hydrogen-bond acceptors (Lipinski definition) is 3. The number of rotatable bonds is 5. The van der Waals surface area contributed by atoms with Crippen LogP contribution in [0.2, 0.25) is 5.15 Å². The highest BCUT2D eigenvalue weighted by Crippen LogP contribution is 2.40. The molecule has 164 valence electrons. The summed E-state index contributed by atoms with van der Waals surface area (Å²) >= 11 is 6.50. The average molecular weight is 449 g/mol. The summed E-state index contributed by atoms with van der Waals surface area (Å²) in [6.45, 7) is 0.482. The summed E-state index contributed by atoms with van der Waals surface area (Å²) in [5.74, 6) is -0.481. The summed E-state index contributed by atoms with van der Waals surface area (Å²) in [5, 5.41) is 12.9. The first-order valence-electron chi connectivity index (χ1n) is 9.28. The number of hydrogen-bond donors (Lipinski definition) is 3. The van der Waals surface area contributed by atoms with Gasteiger partial charge in [0.2, 0.25) is 0 Å². The number of carbonyl (C=O) groups is 1. The van der Waals surface area contributed by atoms with Crippen LogP contribution in [0.5, 0.6) is 0 Å². The summed E-state index contributed by atoms with van der Waals surface area (Å²) in [4.78, 5) is 13.8. The fraction of sp³-hybridized carbons (Fsp3) is 0.421. The predicted molar refractivity (Wildman–Crippen MR) is 103 cm³/mol. The lowest BCUT2D eigenvalue weighted by Gasteiger charge is -2.30. The zero-order valence-electron chi connectivity index (χ0n) is 15.8. The molecule has 0 saturated heterocycles. The van der Waals surface area contributed by atoms with Crippen LogP contribution in [0.1, 0.15) is 30.3 Å². The largest absolute Gasteiger partial charge is 0.389 e. The molecule has 1 atom stereocenters. The van der Waals surface area contributed by atoms with Crippen molar-refractivity contribution in [2.24, 2.45) is 5.73 Å². The second kappa shape index (κ2) is 8.83. The van der Waals surface area contributed by atoms with Gasteiger partial charge in [-0.15, -0.1) is 0 Å². The minimum Gasteiger partial charge on any atom is -0.374 e. The van der Waals surface area contributed by atoms with E-state index in [2.05, 4.69) is 5.32 Å². The molecular formula is C19H21ClF4N4O2. The molecule has 1 aliphatic heterocycles. The van der Waals surface area contributed by atoms with E-state index in [1.165, 1.54) is 23.1 Å². The number of aliphatic hydroxyl groups is 1. The highest BCUT2D eigenvalue weighted by Gasteiger charge is 2.31. The van der Waals surface area contributed by atoms with Crippen LogP contribution in [0.3, 0.4) is 0 Å². The van der Waals surface area contributed by atoms with Crippen LogP contribution in [0, 0.1) is 5.82 Å². The first-order valence-corrected chi connectivity index (χ1v) is 9.66. The number of urea groups is 1. The van der Waals surface area contributed by atoms with Crippen LogP contribution in [0.15, 0.2) is 24.3 Å². The Kier molecular flexibility index (Phi) is 6.59. The van der Waals surface area contributed by atoms with Crippen molar-refractivity contribution < 1.29 is 27.5 Å². The maximum absolute atomic E-state index is 13.7. The summed E-state index contributed by atoms with van der Waals surface area (Å²) in [6, 6.07) is 5.16. The van der Waals surface area contributed by atoms with E-state index in [9.17, 15) is 27.5 Å². The van der Waals surface area contributed by atoms with Gasteiger partial charge in [0, 0.05) is 42.9 Å². The fourth-order valence-corrected chi connectivity index (χ4v) is 3.94. The molecule has 0 fully saturated rings. The van der Waals surface area contributed by atoms with Crippen LogP contribution in [0.4, 0.5) is 22.4 Å². The number of nitrogens with zero attached hydrogens (tertiary/aromatic N) is 2. The van der Waals surface area contributed by atoms with E-state index in [1.54, 1.807) is 10.6 Å². The van der Waals surface area contributed by atoms with Gasteiger partial charge in [-0.05, 0) is 24.1 Å². The smallest absolute Gasteiger partial charge is 0.374 e. The zero-order valence-corrected chi connectivity index (χ0v) is 16.6. The molecule has 2 amide bonds. The third-order valence-electron chi connectivity index (χ3n) is 4.89. The van der Waals surface area contributed by atoms with Gasteiger partial charge in [0.1, 0.15) is 17.2 Å². The molecule has 11 heteroatoms. The highest BCUT2D eigenvalue weighted by molar-refractivity contribution is 6.32. The van der Waals surface area contributed by atoms with Crippen molar-refractivity contribution in [3.8, 4) is 11.1 Å². The molecule has 0 aliphatic carbocycles. The maximum atomic E-state index is 13.7. The van der Waals surface area contributed by atoms with Gasteiger partial charge < -0.3 is 25.6 Å². The Balaban J connectivity index is 1.81. The van der Waals surface area contributed by atoms with E-state index in [0.717, 1.165) is 0 Å². The number of amides is 2.